The van der Waals surface area contributed by atoms with Crippen LogP contribution in [0.5, 0.6) is 0 Å². The third-order valence-electron chi connectivity index (χ3n) is 3.48. The van der Waals surface area contributed by atoms with Crippen molar-refractivity contribution in [3.63, 3.8) is 0 Å². The number of benzene rings is 1. The Bertz CT molecular complexity index is 779. The predicted molar refractivity (Wildman–Crippen MR) is 82.3 cm³/mol. The van der Waals surface area contributed by atoms with Gasteiger partial charge in [-0.2, -0.15) is 5.10 Å². The van der Waals surface area contributed by atoms with Crippen LogP contribution in [0.4, 0.5) is 5.69 Å². The van der Waals surface area contributed by atoms with E-state index < -0.39 is 10.0 Å². The van der Waals surface area contributed by atoms with Crippen molar-refractivity contribution in [2.75, 3.05) is 5.73 Å². The summed E-state index contributed by atoms with van der Waals surface area (Å²) in [7, 11) is -1.85. The van der Waals surface area contributed by atoms with E-state index in [1.807, 2.05) is 20.8 Å². The van der Waals surface area contributed by atoms with Crippen molar-refractivity contribution in [1.29, 1.82) is 0 Å². The third kappa shape index (κ3) is 3.25. The minimum atomic E-state index is -3.65. The molecule has 3 N–H and O–H groups in total. The first kappa shape index (κ1) is 15.5. The lowest BCUT2D eigenvalue weighted by Crippen LogP contribution is -2.24. The molecule has 2 rings (SSSR count). The number of rotatable bonds is 4. The number of hydrogen-bond donors (Lipinski definition) is 2. The lowest BCUT2D eigenvalue weighted by atomic mass is 10.1. The molecule has 0 unspecified atom stereocenters. The number of nitrogens with one attached hydrogen (secondary N) is 1. The Balaban J connectivity index is 2.27. The number of nitrogens with two attached hydrogens (primary N) is 1. The van der Waals surface area contributed by atoms with Gasteiger partial charge in [-0.3, -0.25) is 4.68 Å². The van der Waals surface area contributed by atoms with Crippen LogP contribution in [0.3, 0.4) is 0 Å². The molecule has 0 amide bonds. The lowest BCUT2D eigenvalue weighted by molar-refractivity contribution is 0.581. The van der Waals surface area contributed by atoms with E-state index in [2.05, 4.69) is 9.82 Å². The van der Waals surface area contributed by atoms with E-state index in [-0.39, 0.29) is 17.1 Å². The van der Waals surface area contributed by atoms with Crippen molar-refractivity contribution in [3.05, 3.63) is 40.7 Å². The molecule has 1 aromatic heterocycles. The van der Waals surface area contributed by atoms with Gasteiger partial charge in [-0.25, -0.2) is 13.1 Å². The molecule has 21 heavy (non-hydrogen) atoms. The second-order valence-corrected chi connectivity index (χ2v) is 6.95. The zero-order valence-corrected chi connectivity index (χ0v) is 13.5. The number of sulfonamides is 1. The third-order valence-corrected chi connectivity index (χ3v) is 4.94. The van der Waals surface area contributed by atoms with Crippen LogP contribution in [-0.4, -0.2) is 18.2 Å². The molecule has 1 heterocycles. The molecule has 1 aromatic carbocycles. The van der Waals surface area contributed by atoms with Crippen molar-refractivity contribution in [2.45, 2.75) is 32.2 Å². The van der Waals surface area contributed by atoms with E-state index in [4.69, 9.17) is 5.73 Å². The van der Waals surface area contributed by atoms with Gasteiger partial charge in [0, 0.05) is 25.4 Å². The molecule has 7 heteroatoms. The highest BCUT2D eigenvalue weighted by molar-refractivity contribution is 7.89. The van der Waals surface area contributed by atoms with Crippen LogP contribution in [0.2, 0.25) is 0 Å². The molecule has 6 nitrogen and oxygen atoms in total. The van der Waals surface area contributed by atoms with E-state index in [1.165, 1.54) is 0 Å². The topological polar surface area (TPSA) is 90.0 Å². The molecular weight excluding hydrogens is 288 g/mol. The first-order valence-corrected chi connectivity index (χ1v) is 8.04. The largest absolute Gasteiger partial charge is 0.398 e. The van der Waals surface area contributed by atoms with E-state index in [1.54, 1.807) is 30.1 Å². The molecule has 0 aliphatic heterocycles. The summed E-state index contributed by atoms with van der Waals surface area (Å²) in [6.07, 6.45) is 1.79. The van der Waals surface area contributed by atoms with Crippen molar-refractivity contribution in [2.24, 2.45) is 7.05 Å². The summed E-state index contributed by atoms with van der Waals surface area (Å²) in [5, 5.41) is 4.18. The van der Waals surface area contributed by atoms with Gasteiger partial charge in [-0.1, -0.05) is 0 Å². The number of anilines is 1. The Morgan fingerprint density at radius 1 is 1.24 bits per heavy atom. The summed E-state index contributed by atoms with van der Waals surface area (Å²) in [6, 6.07) is 3.28. The highest BCUT2D eigenvalue weighted by Gasteiger charge is 2.19. The van der Waals surface area contributed by atoms with Crippen LogP contribution in [0, 0.1) is 20.8 Å². The molecule has 114 valence electrons. The molecule has 2 aromatic rings. The maximum absolute atomic E-state index is 12.4. The van der Waals surface area contributed by atoms with Gasteiger partial charge in [0.1, 0.15) is 4.90 Å². The highest BCUT2D eigenvalue weighted by Crippen LogP contribution is 2.22. The van der Waals surface area contributed by atoms with Crippen LogP contribution >= 0.6 is 0 Å². The molecule has 0 radical (unpaired) electrons. The lowest BCUT2D eigenvalue weighted by Gasteiger charge is -2.11. The second-order valence-electron chi connectivity index (χ2n) is 5.21. The van der Waals surface area contributed by atoms with Crippen molar-refractivity contribution in [1.82, 2.24) is 14.5 Å². The average Bonchev–Trinajstić information content (AvgIpc) is 2.70. The Morgan fingerprint density at radius 3 is 2.43 bits per heavy atom. The number of nitrogen functional groups attached to an aromatic ring is 1. The Labute approximate surface area is 125 Å². The second kappa shape index (κ2) is 5.50. The fourth-order valence-corrected chi connectivity index (χ4v) is 3.32. The summed E-state index contributed by atoms with van der Waals surface area (Å²) in [6.45, 7) is 5.79. The Hall–Kier alpha value is -1.86. The molecule has 0 aliphatic rings. The van der Waals surface area contributed by atoms with Gasteiger partial charge < -0.3 is 5.73 Å². The number of aromatic nitrogens is 2. The molecular formula is C14H20N4O2S. The molecule has 0 saturated carbocycles. The van der Waals surface area contributed by atoms with Gasteiger partial charge in [0.15, 0.2) is 0 Å². The maximum atomic E-state index is 12.4. The van der Waals surface area contributed by atoms with Crippen LogP contribution in [-0.2, 0) is 23.6 Å². The minimum Gasteiger partial charge on any atom is -0.398 e. The minimum absolute atomic E-state index is 0.118. The summed E-state index contributed by atoms with van der Waals surface area (Å²) >= 11 is 0. The monoisotopic (exact) mass is 308 g/mol. The standard InChI is InChI=1S/C14H20N4O2S/c1-9-5-13(15)14(6-10(9)2)21(19,20)16-7-12-8-18(4)17-11(12)3/h5-6,8,16H,7,15H2,1-4H3. The van der Waals surface area contributed by atoms with Crippen molar-refractivity contribution in [3.8, 4) is 0 Å². The van der Waals surface area contributed by atoms with E-state index in [0.29, 0.717) is 0 Å². The van der Waals surface area contributed by atoms with Gasteiger partial charge in [0.05, 0.1) is 11.4 Å². The number of aryl methyl sites for hydroxylation is 4. The van der Waals surface area contributed by atoms with Gasteiger partial charge in [-0.15, -0.1) is 0 Å². The van der Waals surface area contributed by atoms with Crippen molar-refractivity contribution < 1.29 is 8.42 Å². The molecule has 0 bridgehead atoms. The molecule has 0 aliphatic carbocycles. The first-order chi connectivity index (χ1) is 9.70. The predicted octanol–water partition coefficient (Wildman–Crippen LogP) is 1.41. The van der Waals surface area contributed by atoms with Crippen molar-refractivity contribution >= 4 is 15.7 Å². The van der Waals surface area contributed by atoms with E-state index in [9.17, 15) is 8.42 Å². The SMILES string of the molecule is Cc1cc(N)c(S(=O)(=O)NCc2cn(C)nc2C)cc1C. The quantitative estimate of drug-likeness (QED) is 0.836. The number of nitrogens with zero attached hydrogens (tertiary/aromatic N) is 2. The summed E-state index contributed by atoms with van der Waals surface area (Å²) < 4.78 is 29.0. The van der Waals surface area contributed by atoms with Crippen LogP contribution in [0.15, 0.2) is 23.2 Å². The Morgan fingerprint density at radius 2 is 1.86 bits per heavy atom. The van der Waals surface area contributed by atoms with Gasteiger partial charge in [-0.05, 0) is 44.0 Å². The average molecular weight is 308 g/mol. The van der Waals surface area contributed by atoms with Crippen LogP contribution in [0.25, 0.3) is 0 Å². The van der Waals surface area contributed by atoms with Crippen LogP contribution < -0.4 is 10.5 Å². The molecule has 0 fully saturated rings. The Kier molecular flexibility index (Phi) is 4.06. The number of hydrogen-bond acceptors (Lipinski definition) is 4. The van der Waals surface area contributed by atoms with Crippen LogP contribution in [0.1, 0.15) is 22.4 Å². The summed E-state index contributed by atoms with van der Waals surface area (Å²) in [5.41, 5.74) is 9.60. The first-order valence-electron chi connectivity index (χ1n) is 6.56. The van der Waals surface area contributed by atoms with Gasteiger partial charge >= 0.3 is 0 Å². The fourth-order valence-electron chi connectivity index (χ4n) is 2.12. The normalized spacial score (nSPS) is 11.8. The van der Waals surface area contributed by atoms with Gasteiger partial charge in [0.25, 0.3) is 0 Å². The molecule has 0 saturated heterocycles. The zero-order chi connectivity index (χ0) is 15.8. The molecule has 0 atom stereocenters. The van der Waals surface area contributed by atoms with E-state index >= 15 is 0 Å². The smallest absolute Gasteiger partial charge is 0.242 e. The summed E-state index contributed by atoms with van der Waals surface area (Å²) in [4.78, 5) is 0.118. The fraction of sp³-hybridized carbons (Fsp3) is 0.357. The summed E-state index contributed by atoms with van der Waals surface area (Å²) in [5.74, 6) is 0. The maximum Gasteiger partial charge on any atom is 0.242 e. The molecule has 0 spiro atoms. The zero-order valence-electron chi connectivity index (χ0n) is 12.6. The van der Waals surface area contributed by atoms with Gasteiger partial charge in [0.2, 0.25) is 10.0 Å². The highest BCUT2D eigenvalue weighted by atomic mass is 32.2. The van der Waals surface area contributed by atoms with E-state index in [0.717, 1.165) is 22.4 Å².